The number of amides is 3. The minimum absolute atomic E-state index is 0.111. The van der Waals surface area contributed by atoms with Gasteiger partial charge in [-0.15, -0.1) is 0 Å². The van der Waals surface area contributed by atoms with Crippen molar-refractivity contribution in [3.63, 3.8) is 0 Å². The highest BCUT2D eigenvalue weighted by Crippen LogP contribution is 2.20. The third-order valence-corrected chi connectivity index (χ3v) is 5.21. The molecule has 10 nitrogen and oxygen atoms in total. The van der Waals surface area contributed by atoms with Crippen molar-refractivity contribution in [3.05, 3.63) is 29.8 Å². The van der Waals surface area contributed by atoms with E-state index in [9.17, 15) is 24.3 Å². The van der Waals surface area contributed by atoms with E-state index in [0.717, 1.165) is 5.56 Å². The number of hydrogen-bond acceptors (Lipinski definition) is 6. The molecule has 3 amide bonds. The normalized spacial score (nSPS) is 17.8. The first-order chi connectivity index (χ1) is 14.6. The molecule has 0 aliphatic carbocycles. The van der Waals surface area contributed by atoms with Gasteiger partial charge in [-0.3, -0.25) is 19.2 Å². The van der Waals surface area contributed by atoms with E-state index in [1.807, 2.05) is 0 Å². The highest BCUT2D eigenvalue weighted by molar-refractivity contribution is 5.94. The second kappa shape index (κ2) is 10.8. The van der Waals surface area contributed by atoms with Crippen LogP contribution in [-0.2, 0) is 25.6 Å². The SMILES string of the molecule is CC(C)C(NC(=O)C(N)Cc1ccc(O)cc1)C(=O)N1CCCC1C(=O)NCC(=O)O. The lowest BCUT2D eigenvalue weighted by Crippen LogP contribution is -2.57. The fraction of sp³-hybridized carbons (Fsp3) is 0.524. The summed E-state index contributed by atoms with van der Waals surface area (Å²) in [7, 11) is 0. The van der Waals surface area contributed by atoms with Crippen molar-refractivity contribution in [2.24, 2.45) is 11.7 Å². The number of carbonyl (C=O) groups is 4. The van der Waals surface area contributed by atoms with Crippen LogP contribution in [0.4, 0.5) is 0 Å². The second-order valence-electron chi connectivity index (χ2n) is 8.01. The number of likely N-dealkylation sites (tertiary alicyclic amines) is 1. The zero-order chi connectivity index (χ0) is 23.1. The Labute approximate surface area is 180 Å². The van der Waals surface area contributed by atoms with Crippen molar-refractivity contribution in [2.45, 2.75) is 51.2 Å². The Morgan fingerprint density at radius 3 is 2.42 bits per heavy atom. The van der Waals surface area contributed by atoms with Crippen molar-refractivity contribution >= 4 is 23.7 Å². The van der Waals surface area contributed by atoms with Crippen LogP contribution in [0.1, 0.15) is 32.3 Å². The topological polar surface area (TPSA) is 162 Å². The summed E-state index contributed by atoms with van der Waals surface area (Å²) in [6, 6.07) is 3.80. The number of rotatable bonds is 9. The first kappa shape index (κ1) is 24.1. The molecular weight excluding hydrogens is 404 g/mol. The van der Waals surface area contributed by atoms with E-state index < -0.39 is 48.4 Å². The van der Waals surface area contributed by atoms with Crippen LogP contribution in [0.3, 0.4) is 0 Å². The first-order valence-corrected chi connectivity index (χ1v) is 10.2. The minimum atomic E-state index is -1.17. The lowest BCUT2D eigenvalue weighted by atomic mass is 10.0. The van der Waals surface area contributed by atoms with E-state index in [2.05, 4.69) is 10.6 Å². The number of carboxylic acid groups (broad SMARTS) is 1. The number of phenolic OH excluding ortho intramolecular Hbond substituents is 1. The molecule has 6 N–H and O–H groups in total. The van der Waals surface area contributed by atoms with Gasteiger partial charge in [-0.2, -0.15) is 0 Å². The van der Waals surface area contributed by atoms with Gasteiger partial charge in [0, 0.05) is 6.54 Å². The summed E-state index contributed by atoms with van der Waals surface area (Å²) in [5.74, 6) is -2.72. The number of phenols is 1. The second-order valence-corrected chi connectivity index (χ2v) is 8.01. The molecule has 1 aromatic rings. The Bertz CT molecular complexity index is 811. The van der Waals surface area contributed by atoms with Gasteiger partial charge in [-0.25, -0.2) is 0 Å². The minimum Gasteiger partial charge on any atom is -0.508 e. The highest BCUT2D eigenvalue weighted by Gasteiger charge is 2.39. The Morgan fingerprint density at radius 2 is 1.84 bits per heavy atom. The molecule has 2 rings (SSSR count). The molecule has 0 radical (unpaired) electrons. The summed E-state index contributed by atoms with van der Waals surface area (Å²) in [4.78, 5) is 50.2. The number of nitrogens with zero attached hydrogens (tertiary/aromatic N) is 1. The van der Waals surface area contributed by atoms with Crippen LogP contribution in [0, 0.1) is 5.92 Å². The summed E-state index contributed by atoms with van der Waals surface area (Å²) in [6.45, 7) is 3.39. The highest BCUT2D eigenvalue weighted by atomic mass is 16.4. The molecule has 0 bridgehead atoms. The van der Waals surface area contributed by atoms with Crippen LogP contribution in [0.25, 0.3) is 0 Å². The van der Waals surface area contributed by atoms with Gasteiger partial charge in [0.2, 0.25) is 17.7 Å². The number of carbonyl (C=O) groups excluding carboxylic acids is 3. The van der Waals surface area contributed by atoms with E-state index in [1.165, 1.54) is 17.0 Å². The van der Waals surface area contributed by atoms with Crippen molar-refractivity contribution in [1.82, 2.24) is 15.5 Å². The van der Waals surface area contributed by atoms with Gasteiger partial charge in [0.15, 0.2) is 0 Å². The number of aromatic hydroxyl groups is 1. The third kappa shape index (κ3) is 6.68. The summed E-state index contributed by atoms with van der Waals surface area (Å²) in [6.07, 6.45) is 1.27. The number of carboxylic acids is 1. The number of hydrogen-bond donors (Lipinski definition) is 5. The van der Waals surface area contributed by atoms with Crippen LogP contribution in [0.15, 0.2) is 24.3 Å². The van der Waals surface area contributed by atoms with Gasteiger partial charge in [0.1, 0.15) is 24.4 Å². The molecule has 1 fully saturated rings. The quantitative estimate of drug-likeness (QED) is 0.353. The van der Waals surface area contributed by atoms with E-state index in [4.69, 9.17) is 10.8 Å². The van der Waals surface area contributed by atoms with Gasteiger partial charge in [0.25, 0.3) is 0 Å². The monoisotopic (exact) mass is 434 g/mol. The van der Waals surface area contributed by atoms with Crippen LogP contribution in [0.2, 0.25) is 0 Å². The molecule has 1 aliphatic rings. The average molecular weight is 434 g/mol. The Hall–Kier alpha value is -3.14. The van der Waals surface area contributed by atoms with Crippen molar-refractivity contribution in [2.75, 3.05) is 13.1 Å². The molecule has 1 heterocycles. The molecule has 10 heteroatoms. The number of benzene rings is 1. The van der Waals surface area contributed by atoms with Crippen LogP contribution in [0.5, 0.6) is 5.75 Å². The molecular formula is C21H30N4O6. The molecule has 3 unspecified atom stereocenters. The van der Waals surface area contributed by atoms with Crippen molar-refractivity contribution in [1.29, 1.82) is 0 Å². The van der Waals surface area contributed by atoms with Crippen molar-refractivity contribution < 1.29 is 29.4 Å². The Kier molecular flexibility index (Phi) is 8.38. The fourth-order valence-electron chi connectivity index (χ4n) is 3.51. The molecule has 0 saturated carbocycles. The first-order valence-electron chi connectivity index (χ1n) is 10.2. The van der Waals surface area contributed by atoms with Gasteiger partial charge in [-0.1, -0.05) is 26.0 Å². The van der Waals surface area contributed by atoms with E-state index in [0.29, 0.717) is 19.4 Å². The summed E-state index contributed by atoms with van der Waals surface area (Å²) in [5.41, 5.74) is 6.78. The van der Waals surface area contributed by atoms with E-state index in [-0.39, 0.29) is 18.1 Å². The molecule has 1 aromatic carbocycles. The van der Waals surface area contributed by atoms with Gasteiger partial charge in [-0.05, 0) is 42.9 Å². The molecule has 0 spiro atoms. The average Bonchev–Trinajstić information content (AvgIpc) is 3.20. The molecule has 0 aromatic heterocycles. The van der Waals surface area contributed by atoms with Crippen molar-refractivity contribution in [3.8, 4) is 5.75 Å². The Morgan fingerprint density at radius 1 is 1.19 bits per heavy atom. The molecule has 1 aliphatic heterocycles. The van der Waals surface area contributed by atoms with Gasteiger partial charge < -0.3 is 31.5 Å². The fourth-order valence-corrected chi connectivity index (χ4v) is 3.51. The van der Waals surface area contributed by atoms with E-state index in [1.54, 1.807) is 26.0 Å². The number of nitrogens with two attached hydrogens (primary N) is 1. The number of aliphatic carboxylic acids is 1. The lowest BCUT2D eigenvalue weighted by Gasteiger charge is -2.31. The predicted octanol–water partition coefficient (Wildman–Crippen LogP) is -0.405. The maximum atomic E-state index is 13.1. The predicted molar refractivity (Wildman–Crippen MR) is 112 cm³/mol. The number of nitrogens with one attached hydrogen (secondary N) is 2. The molecule has 3 atom stereocenters. The molecule has 170 valence electrons. The standard InChI is InChI=1S/C21H30N4O6/c1-12(2)18(24-19(29)15(22)10-13-5-7-14(26)8-6-13)21(31)25-9-3-4-16(25)20(30)23-11-17(27)28/h5-8,12,15-16,18,26H,3-4,9-11,22H2,1-2H3,(H,23,30)(H,24,29)(H,27,28). The smallest absolute Gasteiger partial charge is 0.322 e. The van der Waals surface area contributed by atoms with Gasteiger partial charge in [0.05, 0.1) is 6.04 Å². The lowest BCUT2D eigenvalue weighted by molar-refractivity contribution is -0.143. The van der Waals surface area contributed by atoms with Gasteiger partial charge >= 0.3 is 5.97 Å². The maximum Gasteiger partial charge on any atom is 0.322 e. The molecule has 1 saturated heterocycles. The largest absolute Gasteiger partial charge is 0.508 e. The summed E-state index contributed by atoms with van der Waals surface area (Å²) in [5, 5.41) is 23.1. The summed E-state index contributed by atoms with van der Waals surface area (Å²) < 4.78 is 0. The van der Waals surface area contributed by atoms with Crippen LogP contribution in [-0.4, -0.2) is 70.0 Å². The van der Waals surface area contributed by atoms with E-state index >= 15 is 0 Å². The zero-order valence-electron chi connectivity index (χ0n) is 17.7. The van der Waals surface area contributed by atoms with Crippen LogP contribution >= 0.6 is 0 Å². The molecule has 31 heavy (non-hydrogen) atoms. The summed E-state index contributed by atoms with van der Waals surface area (Å²) >= 11 is 0. The third-order valence-electron chi connectivity index (χ3n) is 5.21. The Balaban J connectivity index is 2.03. The zero-order valence-corrected chi connectivity index (χ0v) is 17.7. The maximum absolute atomic E-state index is 13.1. The van der Waals surface area contributed by atoms with Crippen LogP contribution < -0.4 is 16.4 Å².